The summed E-state index contributed by atoms with van der Waals surface area (Å²) in [6, 6.07) is 0. The Morgan fingerprint density at radius 3 is 2.94 bits per heavy atom. The first-order valence-corrected chi connectivity index (χ1v) is 7.06. The molecular formula is C13H24N4O. The summed E-state index contributed by atoms with van der Waals surface area (Å²) in [6.45, 7) is 9.47. The number of nitrogens with one attached hydrogen (secondary N) is 1. The van der Waals surface area contributed by atoms with E-state index in [1.54, 1.807) is 0 Å². The molecule has 18 heavy (non-hydrogen) atoms. The Hall–Kier alpha value is -0.940. The van der Waals surface area contributed by atoms with Gasteiger partial charge in [-0.15, -0.1) is 0 Å². The van der Waals surface area contributed by atoms with Crippen LogP contribution in [0.5, 0.6) is 0 Å². The first-order valence-electron chi connectivity index (χ1n) is 7.06. The van der Waals surface area contributed by atoms with Crippen LogP contribution in [0.4, 0.5) is 0 Å². The van der Waals surface area contributed by atoms with Gasteiger partial charge in [-0.3, -0.25) is 4.90 Å². The Morgan fingerprint density at radius 1 is 1.44 bits per heavy atom. The molecule has 5 heteroatoms. The standard InChI is InChI=1S/C13H24N4O/c1-3-12-15-13(18-16-12)10-17(4-2)9-11-6-5-7-14-8-11/h11,14H,3-10H2,1-2H3. The van der Waals surface area contributed by atoms with Crippen LogP contribution in [0.15, 0.2) is 4.52 Å². The molecule has 5 nitrogen and oxygen atoms in total. The Bertz CT molecular complexity index is 347. The minimum Gasteiger partial charge on any atom is -0.338 e. The quantitative estimate of drug-likeness (QED) is 0.830. The molecule has 0 saturated carbocycles. The molecule has 2 rings (SSSR count). The van der Waals surface area contributed by atoms with E-state index in [0.29, 0.717) is 0 Å². The SMILES string of the molecule is CCc1noc(CN(CC)CC2CCCNC2)n1. The van der Waals surface area contributed by atoms with E-state index in [1.807, 2.05) is 6.92 Å². The van der Waals surface area contributed by atoms with E-state index < -0.39 is 0 Å². The van der Waals surface area contributed by atoms with Crippen LogP contribution < -0.4 is 5.32 Å². The van der Waals surface area contributed by atoms with E-state index >= 15 is 0 Å². The van der Waals surface area contributed by atoms with Gasteiger partial charge in [-0.25, -0.2) is 0 Å². The number of aromatic nitrogens is 2. The molecule has 1 aliphatic rings. The van der Waals surface area contributed by atoms with Crippen molar-refractivity contribution >= 4 is 0 Å². The number of hydrogen-bond acceptors (Lipinski definition) is 5. The predicted molar refractivity (Wildman–Crippen MR) is 70.2 cm³/mol. The van der Waals surface area contributed by atoms with E-state index in [9.17, 15) is 0 Å². The third-order valence-corrected chi connectivity index (χ3v) is 3.55. The molecule has 1 unspecified atom stereocenters. The van der Waals surface area contributed by atoms with Gasteiger partial charge in [-0.05, 0) is 38.4 Å². The highest BCUT2D eigenvalue weighted by Crippen LogP contribution is 2.13. The van der Waals surface area contributed by atoms with Crippen LogP contribution in [0.25, 0.3) is 0 Å². The zero-order valence-corrected chi connectivity index (χ0v) is 11.5. The maximum Gasteiger partial charge on any atom is 0.240 e. The van der Waals surface area contributed by atoms with Gasteiger partial charge in [0.15, 0.2) is 5.82 Å². The van der Waals surface area contributed by atoms with Crippen molar-refractivity contribution in [3.8, 4) is 0 Å². The summed E-state index contributed by atoms with van der Waals surface area (Å²) in [5.74, 6) is 2.31. The minimum absolute atomic E-state index is 0.748. The van der Waals surface area contributed by atoms with Gasteiger partial charge in [0, 0.05) is 13.0 Å². The van der Waals surface area contributed by atoms with Crippen molar-refractivity contribution in [3.05, 3.63) is 11.7 Å². The Labute approximate surface area is 109 Å². The van der Waals surface area contributed by atoms with Crippen molar-refractivity contribution in [2.24, 2.45) is 5.92 Å². The van der Waals surface area contributed by atoms with Crippen molar-refractivity contribution in [1.82, 2.24) is 20.4 Å². The lowest BCUT2D eigenvalue weighted by Gasteiger charge is -2.28. The molecule has 2 heterocycles. The second-order valence-electron chi connectivity index (χ2n) is 5.00. The summed E-state index contributed by atoms with van der Waals surface area (Å²) in [4.78, 5) is 6.77. The van der Waals surface area contributed by atoms with Gasteiger partial charge >= 0.3 is 0 Å². The summed E-state index contributed by atoms with van der Waals surface area (Å²) in [7, 11) is 0. The fourth-order valence-corrected chi connectivity index (χ4v) is 2.44. The molecule has 1 saturated heterocycles. The molecule has 0 radical (unpaired) electrons. The van der Waals surface area contributed by atoms with Crippen molar-refractivity contribution in [2.45, 2.75) is 39.7 Å². The van der Waals surface area contributed by atoms with Crippen molar-refractivity contribution < 1.29 is 4.52 Å². The van der Waals surface area contributed by atoms with Crippen molar-refractivity contribution in [2.75, 3.05) is 26.2 Å². The fraction of sp³-hybridized carbons (Fsp3) is 0.846. The van der Waals surface area contributed by atoms with Crippen LogP contribution in [0.3, 0.4) is 0 Å². The molecule has 0 aliphatic carbocycles. The lowest BCUT2D eigenvalue weighted by Crippen LogP contribution is -2.38. The van der Waals surface area contributed by atoms with Gasteiger partial charge in [-0.1, -0.05) is 19.0 Å². The summed E-state index contributed by atoms with van der Waals surface area (Å²) in [5.41, 5.74) is 0. The second kappa shape index (κ2) is 6.85. The summed E-state index contributed by atoms with van der Waals surface area (Å²) in [5, 5.41) is 7.41. The number of nitrogens with zero attached hydrogens (tertiary/aromatic N) is 3. The first kappa shape index (κ1) is 13.5. The Balaban J connectivity index is 1.84. The third-order valence-electron chi connectivity index (χ3n) is 3.55. The number of hydrogen-bond donors (Lipinski definition) is 1. The number of piperidine rings is 1. The van der Waals surface area contributed by atoms with E-state index in [-0.39, 0.29) is 0 Å². The van der Waals surface area contributed by atoms with Crippen molar-refractivity contribution in [3.63, 3.8) is 0 Å². The second-order valence-corrected chi connectivity index (χ2v) is 5.00. The highest BCUT2D eigenvalue weighted by molar-refractivity contribution is 4.86. The molecule has 1 aliphatic heterocycles. The van der Waals surface area contributed by atoms with Crippen molar-refractivity contribution in [1.29, 1.82) is 0 Å². The van der Waals surface area contributed by atoms with E-state index in [2.05, 4.69) is 27.3 Å². The normalized spacial score (nSPS) is 20.5. The van der Waals surface area contributed by atoms with Gasteiger partial charge in [0.05, 0.1) is 6.54 Å². The monoisotopic (exact) mass is 252 g/mol. The molecule has 0 spiro atoms. The fourth-order valence-electron chi connectivity index (χ4n) is 2.44. The summed E-state index contributed by atoms with van der Waals surface area (Å²) in [6.07, 6.45) is 3.46. The lowest BCUT2D eigenvalue weighted by molar-refractivity contribution is 0.187. The van der Waals surface area contributed by atoms with E-state index in [0.717, 1.165) is 50.2 Å². The first-order chi connectivity index (χ1) is 8.81. The number of aryl methyl sites for hydroxylation is 1. The molecule has 1 N–H and O–H groups in total. The highest BCUT2D eigenvalue weighted by atomic mass is 16.5. The highest BCUT2D eigenvalue weighted by Gasteiger charge is 2.17. The van der Waals surface area contributed by atoms with E-state index in [1.165, 1.54) is 19.4 Å². The lowest BCUT2D eigenvalue weighted by atomic mass is 9.99. The van der Waals surface area contributed by atoms with Crippen LogP contribution in [0.1, 0.15) is 38.4 Å². The third kappa shape index (κ3) is 3.78. The van der Waals surface area contributed by atoms with Gasteiger partial charge in [0.2, 0.25) is 5.89 Å². The minimum atomic E-state index is 0.748. The maximum atomic E-state index is 5.26. The van der Waals surface area contributed by atoms with Gasteiger partial charge in [0.1, 0.15) is 0 Å². The van der Waals surface area contributed by atoms with Crippen LogP contribution in [-0.4, -0.2) is 41.2 Å². The Morgan fingerprint density at radius 2 is 2.33 bits per heavy atom. The number of rotatable bonds is 6. The van der Waals surface area contributed by atoms with Crippen LogP contribution in [0, 0.1) is 5.92 Å². The largest absolute Gasteiger partial charge is 0.338 e. The zero-order chi connectivity index (χ0) is 12.8. The molecule has 1 aromatic heterocycles. The topological polar surface area (TPSA) is 54.2 Å². The van der Waals surface area contributed by atoms with Gasteiger partial charge in [-0.2, -0.15) is 4.98 Å². The van der Waals surface area contributed by atoms with Crippen LogP contribution >= 0.6 is 0 Å². The predicted octanol–water partition coefficient (Wildman–Crippen LogP) is 1.45. The molecule has 1 atom stereocenters. The molecule has 1 fully saturated rings. The van der Waals surface area contributed by atoms with Gasteiger partial charge < -0.3 is 9.84 Å². The molecule has 0 bridgehead atoms. The average molecular weight is 252 g/mol. The zero-order valence-electron chi connectivity index (χ0n) is 11.5. The van der Waals surface area contributed by atoms with Crippen LogP contribution in [-0.2, 0) is 13.0 Å². The molecule has 0 aromatic carbocycles. The summed E-state index contributed by atoms with van der Waals surface area (Å²) < 4.78 is 5.26. The summed E-state index contributed by atoms with van der Waals surface area (Å²) >= 11 is 0. The maximum absolute atomic E-state index is 5.26. The molecule has 102 valence electrons. The van der Waals surface area contributed by atoms with Gasteiger partial charge in [0.25, 0.3) is 0 Å². The van der Waals surface area contributed by atoms with Crippen LogP contribution in [0.2, 0.25) is 0 Å². The average Bonchev–Trinajstić information content (AvgIpc) is 2.87. The molecule has 0 amide bonds. The smallest absolute Gasteiger partial charge is 0.240 e. The molecule has 1 aromatic rings. The molecular weight excluding hydrogens is 228 g/mol. The Kier molecular flexibility index (Phi) is 5.13. The van der Waals surface area contributed by atoms with E-state index in [4.69, 9.17) is 4.52 Å².